The lowest BCUT2D eigenvalue weighted by molar-refractivity contribution is 0.740. The van der Waals surface area contributed by atoms with Crippen LogP contribution >= 0.6 is 0 Å². The average Bonchev–Trinajstić information content (AvgIpc) is 2.77. The molecule has 1 N–H and O–H groups in total. The molecule has 0 unspecified atom stereocenters. The van der Waals surface area contributed by atoms with E-state index < -0.39 is 0 Å². The van der Waals surface area contributed by atoms with Crippen LogP contribution in [0.2, 0.25) is 0 Å². The van der Waals surface area contributed by atoms with Crippen molar-refractivity contribution in [1.82, 2.24) is 20.2 Å². The Labute approximate surface area is 87.4 Å². The van der Waals surface area contributed by atoms with Crippen LogP contribution in [0.5, 0.6) is 0 Å². The molecule has 0 spiro atoms. The van der Waals surface area contributed by atoms with Crippen molar-refractivity contribution in [3.8, 4) is 0 Å². The maximum absolute atomic E-state index is 4.51. The summed E-state index contributed by atoms with van der Waals surface area (Å²) in [6, 6.07) is 0. The highest BCUT2D eigenvalue weighted by atomic mass is 15.1. The summed E-state index contributed by atoms with van der Waals surface area (Å²) in [6.07, 6.45) is 10.6. The Morgan fingerprint density at radius 3 is 3.07 bits per heavy atom. The van der Waals surface area contributed by atoms with Gasteiger partial charge in [0.05, 0.1) is 18.1 Å². The first-order chi connectivity index (χ1) is 7.43. The number of rotatable bonds is 1. The van der Waals surface area contributed by atoms with E-state index in [2.05, 4.69) is 26.2 Å². The van der Waals surface area contributed by atoms with E-state index >= 15 is 0 Å². The third-order valence-electron chi connectivity index (χ3n) is 2.78. The summed E-state index contributed by atoms with van der Waals surface area (Å²) in [5.41, 5.74) is 3.92. The molecule has 4 nitrogen and oxygen atoms in total. The molecule has 3 rings (SSSR count). The first kappa shape index (κ1) is 8.59. The lowest BCUT2D eigenvalue weighted by Gasteiger charge is -2.11. The van der Waals surface area contributed by atoms with E-state index in [0.717, 1.165) is 29.7 Å². The van der Waals surface area contributed by atoms with Crippen molar-refractivity contribution in [2.24, 2.45) is 0 Å². The van der Waals surface area contributed by atoms with Gasteiger partial charge in [0.2, 0.25) is 0 Å². The Balaban J connectivity index is 2.06. The van der Waals surface area contributed by atoms with Crippen LogP contribution in [-0.4, -0.2) is 20.2 Å². The highest BCUT2D eigenvalue weighted by Gasteiger charge is 2.09. The number of nitrogens with zero attached hydrogens (tertiary/aromatic N) is 3. The van der Waals surface area contributed by atoms with Crippen molar-refractivity contribution in [2.45, 2.75) is 25.7 Å². The van der Waals surface area contributed by atoms with Crippen LogP contribution in [0.4, 0.5) is 0 Å². The average molecular weight is 200 g/mol. The van der Waals surface area contributed by atoms with E-state index in [-0.39, 0.29) is 0 Å². The van der Waals surface area contributed by atoms with Gasteiger partial charge in [-0.2, -0.15) is 5.10 Å². The van der Waals surface area contributed by atoms with Crippen molar-refractivity contribution in [3.63, 3.8) is 0 Å². The van der Waals surface area contributed by atoms with Crippen LogP contribution in [0.3, 0.4) is 0 Å². The van der Waals surface area contributed by atoms with Gasteiger partial charge in [0, 0.05) is 0 Å². The first-order valence-electron chi connectivity index (χ1n) is 5.29. The Morgan fingerprint density at radius 1 is 1.20 bits per heavy atom. The Morgan fingerprint density at radius 2 is 2.20 bits per heavy atom. The van der Waals surface area contributed by atoms with Crippen LogP contribution in [0.25, 0.3) is 16.7 Å². The Hall–Kier alpha value is -1.71. The smallest absolute Gasteiger partial charge is 0.174 e. The van der Waals surface area contributed by atoms with Crippen LogP contribution in [0.15, 0.2) is 18.5 Å². The van der Waals surface area contributed by atoms with E-state index in [1.165, 1.54) is 18.4 Å². The van der Waals surface area contributed by atoms with E-state index in [1.807, 2.05) is 6.20 Å². The Bertz CT molecular complexity index is 512. The monoisotopic (exact) mass is 200 g/mol. The molecule has 4 heteroatoms. The molecular formula is C11H12N4. The molecule has 0 radical (unpaired) electrons. The van der Waals surface area contributed by atoms with Gasteiger partial charge in [0.1, 0.15) is 5.52 Å². The van der Waals surface area contributed by atoms with Crippen LogP contribution in [-0.2, 0) is 0 Å². The standard InChI is InChI=1S/C11H12N4/c1-2-4-8(5-3-1)9-6-12-10-7-13-15-11(10)14-9/h4,6-7H,1-3,5H2,(H,13,14,15). The molecule has 1 aliphatic carbocycles. The molecule has 15 heavy (non-hydrogen) atoms. The SMILES string of the molecule is C1=C(c2cnc3cn[nH]c3n2)CCCC1. The number of allylic oxidation sites excluding steroid dienone is 2. The van der Waals surface area contributed by atoms with Crippen molar-refractivity contribution in [2.75, 3.05) is 0 Å². The topological polar surface area (TPSA) is 54.5 Å². The molecule has 0 fully saturated rings. The van der Waals surface area contributed by atoms with Crippen LogP contribution in [0.1, 0.15) is 31.4 Å². The van der Waals surface area contributed by atoms with Gasteiger partial charge in [-0.1, -0.05) is 6.08 Å². The third kappa shape index (κ3) is 1.52. The molecule has 0 saturated carbocycles. The third-order valence-corrected chi connectivity index (χ3v) is 2.78. The minimum atomic E-state index is 0.777. The zero-order valence-corrected chi connectivity index (χ0v) is 8.40. The van der Waals surface area contributed by atoms with Crippen molar-refractivity contribution in [1.29, 1.82) is 0 Å². The summed E-state index contributed by atoms with van der Waals surface area (Å²) < 4.78 is 0. The number of hydrogen-bond donors (Lipinski definition) is 1. The quantitative estimate of drug-likeness (QED) is 0.768. The van der Waals surface area contributed by atoms with Crippen molar-refractivity contribution < 1.29 is 0 Å². The lowest BCUT2D eigenvalue weighted by Crippen LogP contribution is -1.96. The maximum atomic E-state index is 4.51. The number of H-pyrrole nitrogens is 1. The van der Waals surface area contributed by atoms with Crippen LogP contribution in [0, 0.1) is 0 Å². The summed E-state index contributed by atoms with van der Waals surface area (Å²) in [4.78, 5) is 8.83. The highest BCUT2D eigenvalue weighted by molar-refractivity contribution is 5.72. The molecule has 0 amide bonds. The van der Waals surface area contributed by atoms with Crippen molar-refractivity contribution in [3.05, 3.63) is 24.2 Å². The second-order valence-corrected chi connectivity index (χ2v) is 3.83. The zero-order valence-electron chi connectivity index (χ0n) is 8.40. The minimum absolute atomic E-state index is 0.777. The molecule has 76 valence electrons. The number of fused-ring (bicyclic) bond motifs is 1. The van der Waals surface area contributed by atoms with E-state index in [4.69, 9.17) is 0 Å². The number of nitrogens with one attached hydrogen (secondary N) is 1. The van der Waals surface area contributed by atoms with Gasteiger partial charge in [-0.05, 0) is 31.3 Å². The summed E-state index contributed by atoms with van der Waals surface area (Å²) >= 11 is 0. The van der Waals surface area contributed by atoms with E-state index in [0.29, 0.717) is 0 Å². The normalized spacial score (nSPS) is 16.7. The molecule has 0 aromatic carbocycles. The van der Waals surface area contributed by atoms with Gasteiger partial charge < -0.3 is 0 Å². The summed E-state index contributed by atoms with van der Waals surface area (Å²) in [5, 5.41) is 6.77. The second kappa shape index (κ2) is 3.46. The number of aromatic amines is 1. The summed E-state index contributed by atoms with van der Waals surface area (Å²) in [7, 11) is 0. The molecular weight excluding hydrogens is 188 g/mol. The first-order valence-corrected chi connectivity index (χ1v) is 5.29. The number of hydrogen-bond acceptors (Lipinski definition) is 3. The van der Waals surface area contributed by atoms with E-state index in [1.54, 1.807) is 6.20 Å². The van der Waals surface area contributed by atoms with Gasteiger partial charge in [-0.25, -0.2) is 9.97 Å². The largest absolute Gasteiger partial charge is 0.259 e. The van der Waals surface area contributed by atoms with E-state index in [9.17, 15) is 0 Å². The molecule has 0 saturated heterocycles. The molecule has 2 heterocycles. The molecule has 0 atom stereocenters. The fourth-order valence-corrected chi connectivity index (χ4v) is 1.96. The molecule has 1 aliphatic rings. The Kier molecular flexibility index (Phi) is 1.98. The molecule has 2 aromatic rings. The summed E-state index contributed by atoms with van der Waals surface area (Å²) in [5.74, 6) is 0. The maximum Gasteiger partial charge on any atom is 0.174 e. The van der Waals surface area contributed by atoms with Crippen molar-refractivity contribution >= 4 is 16.7 Å². The highest BCUT2D eigenvalue weighted by Crippen LogP contribution is 2.25. The van der Waals surface area contributed by atoms with Gasteiger partial charge in [-0.15, -0.1) is 0 Å². The predicted octanol–water partition coefficient (Wildman–Crippen LogP) is 2.31. The van der Waals surface area contributed by atoms with Gasteiger partial charge in [-0.3, -0.25) is 5.10 Å². The minimum Gasteiger partial charge on any atom is -0.259 e. The van der Waals surface area contributed by atoms with Gasteiger partial charge in [0.25, 0.3) is 0 Å². The van der Waals surface area contributed by atoms with Crippen LogP contribution < -0.4 is 0 Å². The lowest BCUT2D eigenvalue weighted by atomic mass is 9.97. The molecule has 0 aliphatic heterocycles. The predicted molar refractivity (Wildman–Crippen MR) is 58.1 cm³/mol. The fourth-order valence-electron chi connectivity index (χ4n) is 1.96. The molecule has 0 bridgehead atoms. The van der Waals surface area contributed by atoms with Gasteiger partial charge in [0.15, 0.2) is 5.65 Å². The summed E-state index contributed by atoms with van der Waals surface area (Å²) in [6.45, 7) is 0. The fraction of sp³-hybridized carbons (Fsp3) is 0.364. The second-order valence-electron chi connectivity index (χ2n) is 3.83. The molecule has 2 aromatic heterocycles. The van der Waals surface area contributed by atoms with Gasteiger partial charge >= 0.3 is 0 Å². The number of aromatic nitrogens is 4. The zero-order chi connectivity index (χ0) is 10.1.